The van der Waals surface area contributed by atoms with Crippen LogP contribution in [0.25, 0.3) is 5.57 Å². The zero-order chi connectivity index (χ0) is 26.2. The molecule has 5 nitrogen and oxygen atoms in total. The fourth-order valence-corrected chi connectivity index (χ4v) is 4.87. The molecule has 0 amide bonds. The number of aliphatic imine (C=N–C) groups is 1. The van der Waals surface area contributed by atoms with Crippen LogP contribution in [0.3, 0.4) is 0 Å². The summed E-state index contributed by atoms with van der Waals surface area (Å²) >= 11 is 0. The summed E-state index contributed by atoms with van der Waals surface area (Å²) in [6, 6.07) is 7.18. The van der Waals surface area contributed by atoms with E-state index in [-0.39, 0.29) is 17.5 Å². The Hall–Kier alpha value is -3.38. The Labute approximate surface area is 214 Å². The van der Waals surface area contributed by atoms with E-state index in [2.05, 4.69) is 39.8 Å². The summed E-state index contributed by atoms with van der Waals surface area (Å²) < 4.78 is 14.8. The van der Waals surface area contributed by atoms with Gasteiger partial charge in [-0.25, -0.2) is 9.37 Å². The van der Waals surface area contributed by atoms with Crippen molar-refractivity contribution in [3.8, 4) is 0 Å². The van der Waals surface area contributed by atoms with Gasteiger partial charge in [-0.2, -0.15) is 0 Å². The lowest BCUT2D eigenvalue weighted by Crippen LogP contribution is -2.34. The maximum Gasteiger partial charge on any atom is 0.159 e. The highest BCUT2D eigenvalue weighted by Gasteiger charge is 2.25. The Morgan fingerprint density at radius 1 is 1.25 bits per heavy atom. The van der Waals surface area contributed by atoms with Gasteiger partial charge < -0.3 is 5.32 Å². The number of carbonyl (C=O) groups is 1. The maximum absolute atomic E-state index is 14.8. The fourth-order valence-electron chi connectivity index (χ4n) is 4.87. The van der Waals surface area contributed by atoms with Gasteiger partial charge in [0.25, 0.3) is 0 Å². The van der Waals surface area contributed by atoms with Crippen molar-refractivity contribution in [1.82, 2.24) is 9.88 Å². The van der Waals surface area contributed by atoms with Crippen LogP contribution in [0.15, 0.2) is 65.3 Å². The third-order valence-corrected chi connectivity index (χ3v) is 6.70. The van der Waals surface area contributed by atoms with Crippen LogP contribution in [0, 0.1) is 12.7 Å². The molecule has 0 spiro atoms. The molecule has 0 saturated carbocycles. The number of hydrogen-bond donors (Lipinski definition) is 1. The molecule has 0 atom stereocenters. The van der Waals surface area contributed by atoms with Crippen molar-refractivity contribution in [3.05, 3.63) is 88.4 Å². The number of piperidine rings is 1. The molecule has 1 aliphatic rings. The first-order valence-corrected chi connectivity index (χ1v) is 12.4. The lowest BCUT2D eigenvalue weighted by atomic mass is 9.85. The van der Waals surface area contributed by atoms with E-state index in [9.17, 15) is 9.18 Å². The van der Waals surface area contributed by atoms with Crippen molar-refractivity contribution in [2.45, 2.75) is 39.5 Å². The van der Waals surface area contributed by atoms with Gasteiger partial charge in [0.2, 0.25) is 0 Å². The van der Waals surface area contributed by atoms with E-state index >= 15 is 0 Å². The standard InChI is InChI=1S/C30H37FN4O/c1-20(15-21(2)27(9-12-32-5)25-7-8-29(33-6)34-18-25)19-35-13-10-24(11-14-35)30-22(3)16-26(23(4)36)17-28(30)31/h7-9,12,15-18,24H,2,10-11,13-14,19H2,1,3-6H3,(H,33,34)/b20-15+,27-9+,32-12?. The first kappa shape index (κ1) is 27.2. The van der Waals surface area contributed by atoms with E-state index < -0.39 is 0 Å². The van der Waals surface area contributed by atoms with Crippen LogP contribution in [-0.2, 0) is 0 Å². The number of benzene rings is 1. The average Bonchev–Trinajstić information content (AvgIpc) is 2.85. The van der Waals surface area contributed by atoms with Crippen molar-refractivity contribution < 1.29 is 9.18 Å². The molecule has 1 N–H and O–H groups in total. The normalized spacial score (nSPS) is 15.9. The third kappa shape index (κ3) is 6.85. The Bertz CT molecular complexity index is 1160. The number of ketones is 1. The van der Waals surface area contributed by atoms with Crippen LogP contribution >= 0.6 is 0 Å². The number of likely N-dealkylation sites (tertiary alicyclic amines) is 1. The van der Waals surface area contributed by atoms with Crippen LogP contribution in [0.2, 0.25) is 0 Å². The monoisotopic (exact) mass is 488 g/mol. The van der Waals surface area contributed by atoms with Gasteiger partial charge in [-0.1, -0.05) is 18.2 Å². The molecule has 0 aliphatic carbocycles. The highest BCUT2D eigenvalue weighted by atomic mass is 19.1. The zero-order valence-corrected chi connectivity index (χ0v) is 22.1. The van der Waals surface area contributed by atoms with Gasteiger partial charge in [-0.15, -0.1) is 0 Å². The molecule has 2 aromatic rings. The molecule has 6 heteroatoms. The number of aryl methyl sites for hydroxylation is 1. The number of nitrogens with one attached hydrogen (secondary N) is 1. The molecular formula is C30H37FN4O. The van der Waals surface area contributed by atoms with E-state index in [4.69, 9.17) is 0 Å². The predicted molar refractivity (Wildman–Crippen MR) is 149 cm³/mol. The number of halogens is 1. The lowest BCUT2D eigenvalue weighted by molar-refractivity contribution is 0.101. The number of pyridine rings is 1. The van der Waals surface area contributed by atoms with Crippen molar-refractivity contribution in [3.63, 3.8) is 0 Å². The molecule has 0 unspecified atom stereocenters. The summed E-state index contributed by atoms with van der Waals surface area (Å²) in [6.45, 7) is 12.5. The second kappa shape index (κ2) is 12.5. The van der Waals surface area contributed by atoms with Gasteiger partial charge >= 0.3 is 0 Å². The first-order valence-electron chi connectivity index (χ1n) is 12.4. The number of rotatable bonds is 9. The minimum atomic E-state index is -0.252. The Morgan fingerprint density at radius 3 is 2.53 bits per heavy atom. The minimum Gasteiger partial charge on any atom is -0.373 e. The molecule has 1 aromatic carbocycles. The van der Waals surface area contributed by atoms with Crippen LogP contribution in [0.4, 0.5) is 10.2 Å². The highest BCUT2D eigenvalue weighted by molar-refractivity contribution is 5.94. The summed E-state index contributed by atoms with van der Waals surface area (Å²) in [5, 5.41) is 3.04. The molecule has 1 saturated heterocycles. The molecule has 3 rings (SSSR count). The maximum atomic E-state index is 14.8. The van der Waals surface area contributed by atoms with Gasteiger partial charge in [0.05, 0.1) is 0 Å². The number of Topliss-reactive ketones (excluding diaryl/α,β-unsaturated/α-hetero) is 1. The van der Waals surface area contributed by atoms with Gasteiger partial charge in [-0.05, 0) is 105 Å². The van der Waals surface area contributed by atoms with E-state index in [1.165, 1.54) is 18.6 Å². The molecule has 190 valence electrons. The summed E-state index contributed by atoms with van der Waals surface area (Å²) in [5.74, 6) is 0.636. The number of nitrogens with zero attached hydrogens (tertiary/aromatic N) is 3. The van der Waals surface area contributed by atoms with Gasteiger partial charge in [-0.3, -0.25) is 14.7 Å². The number of allylic oxidation sites excluding steroid dienone is 4. The van der Waals surface area contributed by atoms with E-state index in [0.29, 0.717) is 5.56 Å². The number of carbonyl (C=O) groups excluding carboxylic acids is 1. The largest absolute Gasteiger partial charge is 0.373 e. The second-order valence-corrected chi connectivity index (χ2v) is 9.48. The van der Waals surface area contributed by atoms with E-state index in [1.807, 2.05) is 44.4 Å². The summed E-state index contributed by atoms with van der Waals surface area (Å²) in [6.07, 6.45) is 9.48. The van der Waals surface area contributed by atoms with Crippen LogP contribution in [-0.4, -0.2) is 55.6 Å². The molecule has 1 aromatic heterocycles. The summed E-state index contributed by atoms with van der Waals surface area (Å²) in [5.41, 5.74) is 6.17. The number of aromatic nitrogens is 1. The van der Waals surface area contributed by atoms with Gasteiger partial charge in [0.1, 0.15) is 11.6 Å². The van der Waals surface area contributed by atoms with Crippen LogP contribution in [0.5, 0.6) is 0 Å². The Morgan fingerprint density at radius 2 is 1.97 bits per heavy atom. The van der Waals surface area contributed by atoms with Gasteiger partial charge in [0, 0.05) is 44.2 Å². The number of anilines is 1. The molecule has 0 radical (unpaired) electrons. The summed E-state index contributed by atoms with van der Waals surface area (Å²) in [7, 11) is 3.59. The fraction of sp³-hybridized carbons (Fsp3) is 0.367. The van der Waals surface area contributed by atoms with Crippen molar-refractivity contribution >= 4 is 23.4 Å². The van der Waals surface area contributed by atoms with Gasteiger partial charge in [0.15, 0.2) is 5.78 Å². The van der Waals surface area contributed by atoms with Crippen LogP contribution in [0.1, 0.15) is 59.7 Å². The van der Waals surface area contributed by atoms with E-state index in [0.717, 1.165) is 66.1 Å². The lowest BCUT2D eigenvalue weighted by Gasteiger charge is -2.33. The molecule has 1 aliphatic heterocycles. The third-order valence-electron chi connectivity index (χ3n) is 6.70. The van der Waals surface area contributed by atoms with Crippen molar-refractivity contribution in [2.24, 2.45) is 4.99 Å². The van der Waals surface area contributed by atoms with Crippen molar-refractivity contribution in [2.75, 3.05) is 39.0 Å². The topological polar surface area (TPSA) is 57.6 Å². The summed E-state index contributed by atoms with van der Waals surface area (Å²) in [4.78, 5) is 22.6. The second-order valence-electron chi connectivity index (χ2n) is 9.48. The smallest absolute Gasteiger partial charge is 0.159 e. The first-order chi connectivity index (χ1) is 17.2. The zero-order valence-electron chi connectivity index (χ0n) is 22.1. The quantitative estimate of drug-likeness (QED) is 0.258. The number of hydrogen-bond acceptors (Lipinski definition) is 5. The highest BCUT2D eigenvalue weighted by Crippen LogP contribution is 2.33. The molecule has 2 heterocycles. The van der Waals surface area contributed by atoms with Crippen LogP contribution < -0.4 is 5.32 Å². The molecule has 0 bridgehead atoms. The van der Waals surface area contributed by atoms with Crippen molar-refractivity contribution in [1.29, 1.82) is 0 Å². The van der Waals surface area contributed by atoms with E-state index in [1.54, 1.807) is 13.3 Å². The average molecular weight is 489 g/mol. The predicted octanol–water partition coefficient (Wildman–Crippen LogP) is 6.24. The molecular weight excluding hydrogens is 451 g/mol. The Balaban J connectivity index is 1.66. The molecule has 1 fully saturated rings. The minimum absolute atomic E-state index is 0.103. The Kier molecular flexibility index (Phi) is 9.48. The SMILES string of the molecule is C=C(/C=C(\C)CN1CCC(c2c(C)cc(C(C)=O)cc2F)CC1)/C(=C\C=NC)c1ccc(NC)nc1. The molecule has 36 heavy (non-hydrogen) atoms.